The van der Waals surface area contributed by atoms with Gasteiger partial charge in [-0.2, -0.15) is 0 Å². The van der Waals surface area contributed by atoms with E-state index in [9.17, 15) is 4.79 Å². The van der Waals surface area contributed by atoms with Crippen molar-refractivity contribution < 1.29 is 4.79 Å². The van der Waals surface area contributed by atoms with Gasteiger partial charge in [-0.15, -0.1) is 0 Å². The Morgan fingerprint density at radius 1 is 1.27 bits per heavy atom. The van der Waals surface area contributed by atoms with Crippen molar-refractivity contribution in [1.29, 1.82) is 0 Å². The van der Waals surface area contributed by atoms with E-state index in [0.29, 0.717) is 11.1 Å². The molecular formula is C13H13BO. The summed E-state index contributed by atoms with van der Waals surface area (Å²) in [5.41, 5.74) is 1.35. The molecule has 0 aliphatic rings. The Hall–Kier alpha value is -1.70. The van der Waals surface area contributed by atoms with E-state index in [1.807, 2.05) is 43.3 Å². The van der Waals surface area contributed by atoms with Crippen LogP contribution in [0.2, 0.25) is 0 Å². The Labute approximate surface area is 91.2 Å². The van der Waals surface area contributed by atoms with E-state index in [4.69, 9.17) is 0 Å². The maximum atomic E-state index is 12.0. The number of allylic oxidation sites excluding steroid dienone is 4. The van der Waals surface area contributed by atoms with Crippen molar-refractivity contribution in [3.63, 3.8) is 0 Å². The molecule has 0 radical (unpaired) electrons. The van der Waals surface area contributed by atoms with Crippen molar-refractivity contribution in [1.82, 2.24) is 0 Å². The van der Waals surface area contributed by atoms with Crippen molar-refractivity contribution in [2.75, 3.05) is 0 Å². The molecule has 0 saturated carbocycles. The molecule has 0 aromatic heterocycles. The number of ketones is 1. The van der Waals surface area contributed by atoms with Crippen LogP contribution in [0.4, 0.5) is 0 Å². The Morgan fingerprint density at radius 2 is 1.93 bits per heavy atom. The molecule has 0 fully saturated rings. The molecule has 0 heterocycles. The van der Waals surface area contributed by atoms with Gasteiger partial charge in [0.1, 0.15) is 0 Å². The number of rotatable bonds is 4. The topological polar surface area (TPSA) is 17.1 Å². The van der Waals surface area contributed by atoms with Crippen molar-refractivity contribution in [3.05, 3.63) is 59.7 Å². The molecule has 2 heteroatoms. The first-order valence-electron chi connectivity index (χ1n) is 4.84. The molecule has 0 bridgehead atoms. The second-order valence-corrected chi connectivity index (χ2v) is 3.05. The predicted octanol–water partition coefficient (Wildman–Crippen LogP) is 2.07. The number of benzene rings is 1. The van der Waals surface area contributed by atoms with Gasteiger partial charge in [0, 0.05) is 0 Å². The fourth-order valence-electron chi connectivity index (χ4n) is 1.27. The molecule has 0 spiro atoms. The van der Waals surface area contributed by atoms with Crippen molar-refractivity contribution in [2.45, 2.75) is 6.92 Å². The van der Waals surface area contributed by atoms with E-state index in [1.165, 1.54) is 0 Å². The van der Waals surface area contributed by atoms with Crippen LogP contribution in [0.3, 0.4) is 0 Å². The summed E-state index contributed by atoms with van der Waals surface area (Å²) in [5.74, 6) is 1.64. The third kappa shape index (κ3) is 3.17. The third-order valence-electron chi connectivity index (χ3n) is 1.94. The summed E-state index contributed by atoms with van der Waals surface area (Å²) in [6, 6.07) is 9.22. The molecule has 1 aromatic rings. The van der Waals surface area contributed by atoms with Gasteiger partial charge in [0.05, 0.1) is 0 Å². The van der Waals surface area contributed by atoms with Crippen LogP contribution in [0.5, 0.6) is 0 Å². The van der Waals surface area contributed by atoms with Gasteiger partial charge < -0.3 is 0 Å². The van der Waals surface area contributed by atoms with Crippen LogP contribution in [0.25, 0.3) is 0 Å². The van der Waals surface area contributed by atoms with Gasteiger partial charge in [0.15, 0.2) is 0 Å². The van der Waals surface area contributed by atoms with E-state index >= 15 is 0 Å². The van der Waals surface area contributed by atoms with Crippen LogP contribution < -0.4 is 0 Å². The van der Waals surface area contributed by atoms with Gasteiger partial charge in [-0.25, -0.2) is 0 Å². The van der Waals surface area contributed by atoms with Crippen LogP contribution in [-0.4, -0.2) is 19.2 Å². The van der Waals surface area contributed by atoms with Gasteiger partial charge in [-0.05, 0) is 0 Å². The molecule has 1 rings (SSSR count). The Morgan fingerprint density at radius 3 is 2.47 bits per heavy atom. The summed E-state index contributed by atoms with van der Waals surface area (Å²) in [6.45, 7) is 1.88. The molecule has 1 nitrogen and oxygen atoms in total. The van der Waals surface area contributed by atoms with Crippen molar-refractivity contribution in [3.8, 4) is 0 Å². The quantitative estimate of drug-likeness (QED) is 0.312. The molecule has 0 aliphatic carbocycles. The summed E-state index contributed by atoms with van der Waals surface area (Å²) in [7, 11) is 3.60. The first kappa shape index (κ1) is 11.4. The first-order chi connectivity index (χ1) is 7.29. The van der Waals surface area contributed by atoms with Crippen LogP contribution in [0.1, 0.15) is 17.3 Å². The monoisotopic (exact) mass is 196 g/mol. The van der Waals surface area contributed by atoms with Gasteiger partial charge in [0.2, 0.25) is 0 Å². The Kier molecular flexibility index (Phi) is 4.49. The average molecular weight is 196 g/mol. The summed E-state index contributed by atoms with van der Waals surface area (Å²) >= 11 is 0. The molecular weight excluding hydrogens is 183 g/mol. The first-order valence-corrected chi connectivity index (χ1v) is 4.84. The minimum atomic E-state index is 0.0219. The SMILES string of the molecule is B=C/C=C(\C=C/C)C(=O)c1ccccc1. The summed E-state index contributed by atoms with van der Waals surface area (Å²) in [6.07, 6.45) is 5.35. The predicted molar refractivity (Wildman–Crippen MR) is 66.9 cm³/mol. The second kappa shape index (κ2) is 5.92. The van der Waals surface area contributed by atoms with E-state index in [1.54, 1.807) is 18.1 Å². The van der Waals surface area contributed by atoms with Gasteiger partial charge in [-0.1, -0.05) is 0 Å². The minimum absolute atomic E-state index is 0.0219. The number of hydrogen-bond donors (Lipinski definition) is 0. The molecule has 1 aromatic carbocycles. The van der Waals surface area contributed by atoms with Gasteiger partial charge in [0.25, 0.3) is 0 Å². The van der Waals surface area contributed by atoms with Crippen LogP contribution in [-0.2, 0) is 0 Å². The molecule has 0 amide bonds. The number of Topliss-reactive ketones (excluding diaryl/α,β-unsaturated/α-hetero) is 1. The number of carbonyl (C=O) groups is 1. The second-order valence-electron chi connectivity index (χ2n) is 3.05. The zero-order valence-electron chi connectivity index (χ0n) is 8.81. The summed E-state index contributed by atoms with van der Waals surface area (Å²) < 4.78 is 0. The fraction of sp³-hybridized carbons (Fsp3) is 0.0769. The van der Waals surface area contributed by atoms with E-state index < -0.39 is 0 Å². The fourth-order valence-corrected chi connectivity index (χ4v) is 1.27. The van der Waals surface area contributed by atoms with Crippen LogP contribution >= 0.6 is 0 Å². The standard InChI is InChI=1S/C13H13BO/c1-2-6-11(9-10-14)13(15)12-7-4-3-5-8-12/h2-10,14H,1H3/b6-2-,11-9+. The zero-order chi connectivity index (χ0) is 11.1. The van der Waals surface area contributed by atoms with E-state index in [2.05, 4.69) is 7.49 Å². The Balaban J connectivity index is 3.02. The molecule has 74 valence electrons. The average Bonchev–Trinajstić information content (AvgIpc) is 2.29. The molecule has 0 atom stereocenters. The molecule has 0 N–H and O–H groups in total. The van der Waals surface area contributed by atoms with E-state index in [0.717, 1.165) is 0 Å². The normalized spacial score (nSPS) is 11.6. The molecule has 0 aliphatic heterocycles. The third-order valence-corrected chi connectivity index (χ3v) is 1.94. The summed E-state index contributed by atoms with van der Waals surface area (Å²) in [5, 5.41) is 0. The molecule has 0 unspecified atom stereocenters. The zero-order valence-corrected chi connectivity index (χ0v) is 8.81. The van der Waals surface area contributed by atoms with E-state index in [-0.39, 0.29) is 5.78 Å². The summed E-state index contributed by atoms with van der Waals surface area (Å²) in [4.78, 5) is 12.0. The maximum absolute atomic E-state index is 12.0. The molecule has 15 heavy (non-hydrogen) atoms. The van der Waals surface area contributed by atoms with Crippen LogP contribution in [0, 0.1) is 0 Å². The van der Waals surface area contributed by atoms with Crippen LogP contribution in [0.15, 0.2) is 54.1 Å². The number of carbonyl (C=O) groups excluding carboxylic acids is 1. The van der Waals surface area contributed by atoms with Gasteiger partial charge in [-0.3, -0.25) is 0 Å². The number of hydrogen-bond acceptors (Lipinski definition) is 1. The Bertz CT molecular complexity index is 402. The van der Waals surface area contributed by atoms with Crippen molar-refractivity contribution in [2.24, 2.45) is 0 Å². The molecule has 0 saturated heterocycles. The van der Waals surface area contributed by atoms with Gasteiger partial charge >= 0.3 is 90.7 Å². The van der Waals surface area contributed by atoms with Crippen molar-refractivity contribution >= 4 is 19.2 Å².